The highest BCUT2D eigenvalue weighted by Crippen LogP contribution is 2.12. The highest BCUT2D eigenvalue weighted by molar-refractivity contribution is 5.92. The number of amides is 1. The summed E-state index contributed by atoms with van der Waals surface area (Å²) in [6, 6.07) is 5.41. The number of hydrogen-bond acceptors (Lipinski definition) is 5. The third-order valence-corrected chi connectivity index (χ3v) is 3.27. The lowest BCUT2D eigenvalue weighted by molar-refractivity contribution is 0.0945. The van der Waals surface area contributed by atoms with E-state index in [2.05, 4.69) is 42.6 Å². The van der Waals surface area contributed by atoms with E-state index in [1.807, 2.05) is 12.1 Å². The van der Waals surface area contributed by atoms with Gasteiger partial charge < -0.3 is 5.32 Å². The van der Waals surface area contributed by atoms with E-state index in [9.17, 15) is 4.79 Å². The number of rotatable bonds is 6. The van der Waals surface area contributed by atoms with Crippen molar-refractivity contribution in [1.82, 2.24) is 35.7 Å². The number of nitrogens with one attached hydrogen (secondary N) is 3. The predicted molar refractivity (Wildman–Crippen MR) is 83.4 cm³/mol. The van der Waals surface area contributed by atoms with E-state index in [1.54, 1.807) is 18.5 Å². The van der Waals surface area contributed by atoms with Crippen molar-refractivity contribution in [2.75, 3.05) is 0 Å². The fourth-order valence-electron chi connectivity index (χ4n) is 2.13. The Morgan fingerprint density at radius 3 is 2.83 bits per heavy atom. The van der Waals surface area contributed by atoms with E-state index in [-0.39, 0.29) is 12.5 Å². The fourth-order valence-corrected chi connectivity index (χ4v) is 2.13. The Bertz CT molecular complexity index is 778. The van der Waals surface area contributed by atoms with Gasteiger partial charge in [-0.1, -0.05) is 13.3 Å². The molecular weight excluding hydrogens is 294 g/mol. The summed E-state index contributed by atoms with van der Waals surface area (Å²) in [6.45, 7) is 2.33. The standard InChI is InChI=1S/C15H17N7O/c1-2-3-11-8-12(20-19-11)15(23)17-9-13-18-14(22-21-13)10-4-6-16-7-5-10/h4-8H,2-3,9H2,1H3,(H,17,23)(H,19,20)(H,18,21,22). The Balaban J connectivity index is 1.60. The molecule has 0 saturated heterocycles. The molecule has 0 radical (unpaired) electrons. The highest BCUT2D eigenvalue weighted by atomic mass is 16.1. The van der Waals surface area contributed by atoms with Crippen molar-refractivity contribution in [3.05, 3.63) is 47.8 Å². The van der Waals surface area contributed by atoms with Crippen molar-refractivity contribution in [1.29, 1.82) is 0 Å². The van der Waals surface area contributed by atoms with Crippen LogP contribution in [0.5, 0.6) is 0 Å². The molecule has 23 heavy (non-hydrogen) atoms. The fraction of sp³-hybridized carbons (Fsp3) is 0.267. The zero-order chi connectivity index (χ0) is 16.1. The Kier molecular flexibility index (Phi) is 4.41. The molecule has 8 heteroatoms. The molecule has 0 atom stereocenters. The topological polar surface area (TPSA) is 112 Å². The molecule has 0 spiro atoms. The summed E-state index contributed by atoms with van der Waals surface area (Å²) < 4.78 is 0. The third-order valence-electron chi connectivity index (χ3n) is 3.27. The Morgan fingerprint density at radius 2 is 2.04 bits per heavy atom. The quantitative estimate of drug-likeness (QED) is 0.638. The molecule has 3 aromatic heterocycles. The first-order chi connectivity index (χ1) is 11.3. The molecule has 1 amide bonds. The van der Waals surface area contributed by atoms with Gasteiger partial charge in [0.25, 0.3) is 5.91 Å². The maximum atomic E-state index is 12.0. The lowest BCUT2D eigenvalue weighted by Gasteiger charge is -1.99. The molecule has 0 aliphatic heterocycles. The minimum atomic E-state index is -0.245. The van der Waals surface area contributed by atoms with Gasteiger partial charge in [0, 0.05) is 23.7 Å². The van der Waals surface area contributed by atoms with E-state index in [4.69, 9.17) is 0 Å². The molecular formula is C15H17N7O. The first kappa shape index (κ1) is 14.9. The van der Waals surface area contributed by atoms with Gasteiger partial charge in [-0.2, -0.15) is 10.2 Å². The number of aromatic amines is 2. The number of pyridine rings is 1. The molecule has 3 N–H and O–H groups in total. The molecule has 0 saturated carbocycles. The van der Waals surface area contributed by atoms with Crippen molar-refractivity contribution < 1.29 is 4.79 Å². The molecule has 0 bridgehead atoms. The lowest BCUT2D eigenvalue weighted by Crippen LogP contribution is -2.23. The number of carbonyl (C=O) groups excluding carboxylic acids is 1. The van der Waals surface area contributed by atoms with Crippen LogP contribution in [-0.4, -0.2) is 36.3 Å². The van der Waals surface area contributed by atoms with Crippen molar-refractivity contribution in [3.63, 3.8) is 0 Å². The van der Waals surface area contributed by atoms with Gasteiger partial charge in [0.2, 0.25) is 0 Å². The van der Waals surface area contributed by atoms with Crippen molar-refractivity contribution in [2.24, 2.45) is 0 Å². The summed E-state index contributed by atoms with van der Waals surface area (Å²) in [5, 5.41) is 16.6. The zero-order valence-electron chi connectivity index (χ0n) is 12.7. The maximum absolute atomic E-state index is 12.0. The second-order valence-corrected chi connectivity index (χ2v) is 5.05. The normalized spacial score (nSPS) is 10.7. The van der Waals surface area contributed by atoms with Gasteiger partial charge in [-0.3, -0.25) is 20.0 Å². The molecule has 118 valence electrons. The molecule has 0 unspecified atom stereocenters. The van der Waals surface area contributed by atoms with Crippen LogP contribution in [0.15, 0.2) is 30.6 Å². The van der Waals surface area contributed by atoms with E-state index in [0.29, 0.717) is 17.3 Å². The molecule has 3 heterocycles. The summed E-state index contributed by atoms with van der Waals surface area (Å²) in [4.78, 5) is 20.3. The number of carbonyl (C=O) groups is 1. The van der Waals surface area contributed by atoms with Crippen LogP contribution in [0.2, 0.25) is 0 Å². The zero-order valence-corrected chi connectivity index (χ0v) is 12.7. The van der Waals surface area contributed by atoms with Crippen LogP contribution < -0.4 is 5.32 Å². The highest BCUT2D eigenvalue weighted by Gasteiger charge is 2.11. The van der Waals surface area contributed by atoms with Gasteiger partial charge in [-0.15, -0.1) is 0 Å². The smallest absolute Gasteiger partial charge is 0.272 e. The molecule has 0 aliphatic carbocycles. The molecule has 8 nitrogen and oxygen atoms in total. The van der Waals surface area contributed by atoms with Crippen LogP contribution in [0.25, 0.3) is 11.4 Å². The molecule has 0 aliphatic rings. The third kappa shape index (κ3) is 3.60. The van der Waals surface area contributed by atoms with Crippen LogP contribution in [0, 0.1) is 0 Å². The first-order valence-electron chi connectivity index (χ1n) is 7.40. The van der Waals surface area contributed by atoms with Gasteiger partial charge in [0.1, 0.15) is 11.5 Å². The van der Waals surface area contributed by atoms with Crippen molar-refractivity contribution in [3.8, 4) is 11.4 Å². The maximum Gasteiger partial charge on any atom is 0.272 e. The predicted octanol–water partition coefficient (Wildman–Crippen LogP) is 1.47. The monoisotopic (exact) mass is 311 g/mol. The van der Waals surface area contributed by atoms with Crippen molar-refractivity contribution >= 4 is 5.91 Å². The van der Waals surface area contributed by atoms with Gasteiger partial charge in [-0.25, -0.2) is 4.98 Å². The largest absolute Gasteiger partial charge is 0.343 e. The first-order valence-corrected chi connectivity index (χ1v) is 7.40. The summed E-state index contributed by atoms with van der Waals surface area (Å²) >= 11 is 0. The van der Waals surface area contributed by atoms with E-state index in [1.165, 1.54) is 0 Å². The summed E-state index contributed by atoms with van der Waals surface area (Å²) in [5.74, 6) is 0.904. The number of nitrogens with zero attached hydrogens (tertiary/aromatic N) is 4. The van der Waals surface area contributed by atoms with E-state index >= 15 is 0 Å². The summed E-state index contributed by atoms with van der Waals surface area (Å²) in [7, 11) is 0. The molecule has 0 aromatic carbocycles. The van der Waals surface area contributed by atoms with Crippen LogP contribution in [0.3, 0.4) is 0 Å². The van der Waals surface area contributed by atoms with Crippen molar-refractivity contribution in [2.45, 2.75) is 26.3 Å². The minimum Gasteiger partial charge on any atom is -0.343 e. The number of aryl methyl sites for hydroxylation is 1. The van der Waals surface area contributed by atoms with Gasteiger partial charge >= 0.3 is 0 Å². The van der Waals surface area contributed by atoms with Gasteiger partial charge in [0.05, 0.1) is 6.54 Å². The average Bonchev–Trinajstić information content (AvgIpc) is 3.23. The van der Waals surface area contributed by atoms with Crippen LogP contribution in [0.4, 0.5) is 0 Å². The van der Waals surface area contributed by atoms with Crippen LogP contribution >= 0.6 is 0 Å². The Hall–Kier alpha value is -3.03. The average molecular weight is 311 g/mol. The van der Waals surface area contributed by atoms with Gasteiger partial charge in [-0.05, 0) is 24.6 Å². The summed E-state index contributed by atoms with van der Waals surface area (Å²) in [6.07, 6.45) is 5.23. The number of H-pyrrole nitrogens is 2. The van der Waals surface area contributed by atoms with Gasteiger partial charge in [0.15, 0.2) is 5.82 Å². The molecule has 3 aromatic rings. The minimum absolute atomic E-state index is 0.245. The molecule has 3 rings (SSSR count). The molecule has 0 fully saturated rings. The second-order valence-electron chi connectivity index (χ2n) is 5.05. The number of hydrogen-bond donors (Lipinski definition) is 3. The second kappa shape index (κ2) is 6.82. The Morgan fingerprint density at radius 1 is 1.22 bits per heavy atom. The number of aromatic nitrogens is 6. The van der Waals surface area contributed by atoms with Crippen LogP contribution in [-0.2, 0) is 13.0 Å². The van der Waals surface area contributed by atoms with E-state index in [0.717, 1.165) is 24.1 Å². The Labute approximate surface area is 132 Å². The lowest BCUT2D eigenvalue weighted by atomic mass is 10.2. The van der Waals surface area contributed by atoms with E-state index < -0.39 is 0 Å². The van der Waals surface area contributed by atoms with Crippen LogP contribution in [0.1, 0.15) is 35.4 Å². The SMILES string of the molecule is CCCc1cc(C(=O)NCc2nc(-c3ccncc3)n[nH]2)n[nH]1. The summed E-state index contributed by atoms with van der Waals surface area (Å²) in [5.41, 5.74) is 2.20.